The second-order valence-electron chi connectivity index (χ2n) is 7.16. The highest BCUT2D eigenvalue weighted by atomic mass is 32.2. The van der Waals surface area contributed by atoms with Crippen LogP contribution in [-0.2, 0) is 24.2 Å². The van der Waals surface area contributed by atoms with Crippen LogP contribution in [-0.4, -0.2) is 27.0 Å². The lowest BCUT2D eigenvalue weighted by molar-refractivity contribution is -0.113. The molecule has 0 bridgehead atoms. The third-order valence-electron chi connectivity index (χ3n) is 4.88. The van der Waals surface area contributed by atoms with E-state index in [1.54, 1.807) is 16.3 Å². The van der Waals surface area contributed by atoms with Crippen molar-refractivity contribution in [3.05, 3.63) is 81.8 Å². The zero-order chi connectivity index (χ0) is 20.9. The summed E-state index contributed by atoms with van der Waals surface area (Å²) in [5.41, 5.74) is 3.96. The number of hydrogen-bond donors (Lipinski definition) is 1. The summed E-state index contributed by atoms with van der Waals surface area (Å²) in [7, 11) is 0. The molecule has 0 atom stereocenters. The number of aryl methyl sites for hydroxylation is 3. The molecule has 1 aromatic heterocycles. The van der Waals surface area contributed by atoms with E-state index in [-0.39, 0.29) is 17.2 Å². The average Bonchev–Trinajstić information content (AvgIpc) is 3.23. The fraction of sp³-hybridized carbons (Fsp3) is 0.261. The molecule has 0 saturated heterocycles. The van der Waals surface area contributed by atoms with Crippen LogP contribution < -0.4 is 10.9 Å². The number of nitrogens with one attached hydrogen (secondary N) is 1. The number of hydrogen-bond acceptors (Lipinski definition) is 5. The first-order valence-electron chi connectivity index (χ1n) is 9.90. The largest absolute Gasteiger partial charge is 0.325 e. The van der Waals surface area contributed by atoms with Crippen LogP contribution in [0.4, 0.5) is 5.69 Å². The van der Waals surface area contributed by atoms with Gasteiger partial charge >= 0.3 is 0 Å². The maximum atomic E-state index is 13.1. The van der Waals surface area contributed by atoms with Crippen LogP contribution in [0.2, 0.25) is 0 Å². The number of carbonyl (C=O) groups excluding carboxylic acids is 1. The minimum absolute atomic E-state index is 0.0138. The first-order chi connectivity index (χ1) is 14.6. The minimum atomic E-state index is -0.109. The summed E-state index contributed by atoms with van der Waals surface area (Å²) in [6.45, 7) is 2.56. The van der Waals surface area contributed by atoms with Crippen molar-refractivity contribution in [2.75, 3.05) is 16.8 Å². The van der Waals surface area contributed by atoms with E-state index < -0.39 is 0 Å². The molecule has 0 saturated carbocycles. The van der Waals surface area contributed by atoms with E-state index in [2.05, 4.69) is 17.4 Å². The van der Waals surface area contributed by atoms with Crippen molar-refractivity contribution in [1.29, 1.82) is 0 Å². The molecule has 1 amide bonds. The van der Waals surface area contributed by atoms with Crippen molar-refractivity contribution >= 4 is 35.1 Å². The Bertz CT molecular complexity index is 1100. The van der Waals surface area contributed by atoms with E-state index in [0.717, 1.165) is 40.4 Å². The highest BCUT2D eigenvalue weighted by Crippen LogP contribution is 2.29. The van der Waals surface area contributed by atoms with Gasteiger partial charge < -0.3 is 5.32 Å². The summed E-state index contributed by atoms with van der Waals surface area (Å²) < 4.78 is 1.73. The molecule has 1 aliphatic rings. The summed E-state index contributed by atoms with van der Waals surface area (Å²) in [6.07, 6.45) is 1.55. The van der Waals surface area contributed by atoms with Gasteiger partial charge in [-0.15, -0.1) is 11.8 Å². The van der Waals surface area contributed by atoms with Crippen LogP contribution in [0.15, 0.2) is 69.4 Å². The number of anilines is 1. The maximum Gasteiger partial charge on any atom is 0.268 e. The summed E-state index contributed by atoms with van der Waals surface area (Å²) >= 11 is 2.91. The molecule has 0 aliphatic carbocycles. The predicted octanol–water partition coefficient (Wildman–Crippen LogP) is 4.17. The molecule has 154 valence electrons. The Labute approximate surface area is 184 Å². The van der Waals surface area contributed by atoms with Crippen LogP contribution in [0.5, 0.6) is 0 Å². The third kappa shape index (κ3) is 4.96. The molecule has 5 nitrogen and oxygen atoms in total. The average molecular weight is 438 g/mol. The first kappa shape index (κ1) is 20.8. The topological polar surface area (TPSA) is 64.0 Å². The van der Waals surface area contributed by atoms with Gasteiger partial charge in [-0.1, -0.05) is 59.8 Å². The normalized spacial score (nSPS) is 12.6. The fourth-order valence-electron chi connectivity index (χ4n) is 3.28. The van der Waals surface area contributed by atoms with E-state index >= 15 is 0 Å². The summed E-state index contributed by atoms with van der Waals surface area (Å²) in [4.78, 5) is 31.0. The number of benzene rings is 2. The number of thioether (sulfide) groups is 2. The summed E-state index contributed by atoms with van der Waals surface area (Å²) in [6, 6.07) is 17.8. The first-order valence-corrected chi connectivity index (χ1v) is 11.9. The molecule has 2 heterocycles. The van der Waals surface area contributed by atoms with Crippen LogP contribution in [0, 0.1) is 6.92 Å². The Morgan fingerprint density at radius 2 is 1.93 bits per heavy atom. The number of carbonyl (C=O) groups is 1. The third-order valence-corrected chi connectivity index (χ3v) is 6.97. The van der Waals surface area contributed by atoms with Gasteiger partial charge in [-0.05, 0) is 31.0 Å². The van der Waals surface area contributed by atoms with Crippen molar-refractivity contribution in [3.8, 4) is 0 Å². The molecule has 7 heteroatoms. The van der Waals surface area contributed by atoms with Gasteiger partial charge in [0, 0.05) is 24.4 Å². The Morgan fingerprint density at radius 3 is 2.70 bits per heavy atom. The van der Waals surface area contributed by atoms with Crippen molar-refractivity contribution in [3.63, 3.8) is 0 Å². The van der Waals surface area contributed by atoms with E-state index in [9.17, 15) is 9.59 Å². The smallest absolute Gasteiger partial charge is 0.268 e. The lowest BCUT2D eigenvalue weighted by Gasteiger charge is -2.14. The molecule has 0 fully saturated rings. The number of aromatic nitrogens is 2. The second-order valence-corrected chi connectivity index (χ2v) is 9.21. The second kappa shape index (κ2) is 9.53. The van der Waals surface area contributed by atoms with Gasteiger partial charge in [-0.3, -0.25) is 14.2 Å². The summed E-state index contributed by atoms with van der Waals surface area (Å²) in [5, 5.41) is 3.53. The maximum absolute atomic E-state index is 13.1. The van der Waals surface area contributed by atoms with Gasteiger partial charge in [0.25, 0.3) is 5.56 Å². The van der Waals surface area contributed by atoms with Crippen molar-refractivity contribution in [2.24, 2.45) is 0 Å². The summed E-state index contributed by atoms with van der Waals surface area (Å²) in [5.74, 6) is 0.984. The van der Waals surface area contributed by atoms with E-state index in [0.29, 0.717) is 11.7 Å². The highest BCUT2D eigenvalue weighted by Gasteiger charge is 2.22. The molecule has 0 spiro atoms. The van der Waals surface area contributed by atoms with Crippen molar-refractivity contribution in [1.82, 2.24) is 9.55 Å². The van der Waals surface area contributed by atoms with Gasteiger partial charge in [-0.2, -0.15) is 0 Å². The lowest BCUT2D eigenvalue weighted by Crippen LogP contribution is -2.27. The molecule has 4 rings (SSSR count). The molecule has 3 aromatic rings. The Hall–Kier alpha value is -2.51. The Balaban J connectivity index is 1.49. The van der Waals surface area contributed by atoms with Gasteiger partial charge in [0.15, 0.2) is 5.16 Å². The van der Waals surface area contributed by atoms with E-state index in [1.807, 2.05) is 49.4 Å². The fourth-order valence-corrected chi connectivity index (χ4v) is 5.17. The van der Waals surface area contributed by atoms with Crippen molar-refractivity contribution < 1.29 is 4.79 Å². The molecule has 0 radical (unpaired) electrons. The van der Waals surface area contributed by atoms with Gasteiger partial charge in [-0.25, -0.2) is 4.98 Å². The number of amides is 1. The quantitative estimate of drug-likeness (QED) is 0.444. The molecule has 1 aliphatic heterocycles. The van der Waals surface area contributed by atoms with Gasteiger partial charge in [0.1, 0.15) is 0 Å². The zero-order valence-electron chi connectivity index (χ0n) is 16.8. The minimum Gasteiger partial charge on any atom is -0.325 e. The SMILES string of the molecule is Cc1ccc(NC(=O)CSc2nc3c(c(=O)n2CCc2ccccc2)SCC3)cc1. The monoisotopic (exact) mass is 437 g/mol. The van der Waals surface area contributed by atoms with Gasteiger partial charge in [0.2, 0.25) is 5.91 Å². The van der Waals surface area contributed by atoms with Crippen LogP contribution in [0.25, 0.3) is 0 Å². The molecule has 1 N–H and O–H groups in total. The molecule has 2 aromatic carbocycles. The Morgan fingerprint density at radius 1 is 1.17 bits per heavy atom. The molecular weight excluding hydrogens is 414 g/mol. The Kier molecular flexibility index (Phi) is 6.59. The van der Waals surface area contributed by atoms with Gasteiger partial charge in [0.05, 0.1) is 16.3 Å². The van der Waals surface area contributed by atoms with Crippen LogP contribution in [0.1, 0.15) is 16.8 Å². The highest BCUT2D eigenvalue weighted by molar-refractivity contribution is 8.00. The van der Waals surface area contributed by atoms with Crippen LogP contribution >= 0.6 is 23.5 Å². The van der Waals surface area contributed by atoms with Crippen molar-refractivity contribution in [2.45, 2.75) is 36.4 Å². The molecule has 30 heavy (non-hydrogen) atoms. The molecular formula is C23H23N3O2S2. The number of rotatable bonds is 7. The predicted molar refractivity (Wildman–Crippen MR) is 124 cm³/mol. The number of fused-ring (bicyclic) bond motifs is 1. The standard InChI is InChI=1S/C23H23N3O2S2/c1-16-7-9-18(10-8-16)24-20(27)15-30-23-25-19-12-14-29-21(19)22(28)26(23)13-11-17-5-3-2-4-6-17/h2-10H,11-15H2,1H3,(H,24,27). The van der Waals surface area contributed by atoms with E-state index in [1.165, 1.54) is 17.3 Å². The van der Waals surface area contributed by atoms with E-state index in [4.69, 9.17) is 4.98 Å². The number of nitrogens with zero attached hydrogens (tertiary/aromatic N) is 2. The zero-order valence-corrected chi connectivity index (χ0v) is 18.4. The molecule has 0 unspecified atom stereocenters. The van der Waals surface area contributed by atoms with Crippen LogP contribution in [0.3, 0.4) is 0 Å². The lowest BCUT2D eigenvalue weighted by atomic mass is 10.1.